The number of ketones is 1. The zero-order valence-corrected chi connectivity index (χ0v) is 13.7. The van der Waals surface area contributed by atoms with Crippen LogP contribution in [-0.2, 0) is 0 Å². The van der Waals surface area contributed by atoms with E-state index in [1.165, 1.54) is 29.1 Å². The third kappa shape index (κ3) is 3.34. The number of hydrogen-bond acceptors (Lipinski definition) is 4. The van der Waals surface area contributed by atoms with E-state index in [1.54, 1.807) is 6.92 Å². The van der Waals surface area contributed by atoms with Crippen LogP contribution >= 0.6 is 15.9 Å². The smallest absolute Gasteiger partial charge is 0.204 e. The van der Waals surface area contributed by atoms with Crippen LogP contribution in [0.3, 0.4) is 0 Å². The van der Waals surface area contributed by atoms with E-state index in [1.807, 2.05) is 24.3 Å². The maximum absolute atomic E-state index is 12.9. The number of hydrogen-bond donors (Lipinski definition) is 0. The summed E-state index contributed by atoms with van der Waals surface area (Å²) in [7, 11) is 0. The molecule has 3 aromatic rings. The molecule has 1 heterocycles. The lowest BCUT2D eigenvalue weighted by Gasteiger charge is -2.08. The van der Waals surface area contributed by atoms with E-state index in [0.29, 0.717) is 11.4 Å². The average molecular weight is 375 g/mol. The van der Waals surface area contributed by atoms with E-state index >= 15 is 0 Å². The van der Waals surface area contributed by atoms with Crippen LogP contribution in [0.5, 0.6) is 0 Å². The molecule has 2 aromatic carbocycles. The topological polar surface area (TPSA) is 60.7 Å². The lowest BCUT2D eigenvalue weighted by atomic mass is 10.1. The van der Waals surface area contributed by atoms with Crippen molar-refractivity contribution in [2.24, 2.45) is 0 Å². The fourth-order valence-corrected chi connectivity index (χ4v) is 2.33. The molecule has 0 aliphatic rings. The molecule has 7 heteroatoms. The Kier molecular flexibility index (Phi) is 4.29. The molecular formula is C16H12BrFN4O. The monoisotopic (exact) mass is 374 g/mol. The van der Waals surface area contributed by atoms with Gasteiger partial charge in [0.2, 0.25) is 5.82 Å². The van der Waals surface area contributed by atoms with Crippen molar-refractivity contribution in [1.29, 1.82) is 0 Å². The SMILES string of the molecule is CC(C(=O)c1ccc(F)cc1)n1nnc(-c2ccc(Br)cc2)n1. The number of carbonyl (C=O) groups excluding carboxylic acids is 1. The molecular weight excluding hydrogens is 363 g/mol. The van der Waals surface area contributed by atoms with Crippen molar-refractivity contribution >= 4 is 21.7 Å². The molecule has 1 atom stereocenters. The van der Waals surface area contributed by atoms with Gasteiger partial charge in [-0.1, -0.05) is 15.9 Å². The van der Waals surface area contributed by atoms with Crippen molar-refractivity contribution < 1.29 is 9.18 Å². The highest BCUT2D eigenvalue weighted by Gasteiger charge is 2.20. The molecule has 1 aromatic heterocycles. The number of nitrogens with zero attached hydrogens (tertiary/aromatic N) is 4. The minimum atomic E-state index is -0.628. The van der Waals surface area contributed by atoms with Gasteiger partial charge in [0, 0.05) is 15.6 Å². The fourth-order valence-electron chi connectivity index (χ4n) is 2.06. The van der Waals surface area contributed by atoms with Gasteiger partial charge in [0.05, 0.1) is 0 Å². The molecule has 0 amide bonds. The molecule has 0 saturated carbocycles. The van der Waals surface area contributed by atoms with Gasteiger partial charge >= 0.3 is 0 Å². The first-order valence-corrected chi connectivity index (χ1v) is 7.69. The van der Waals surface area contributed by atoms with Gasteiger partial charge in [-0.25, -0.2) is 4.39 Å². The van der Waals surface area contributed by atoms with Crippen molar-refractivity contribution in [2.75, 3.05) is 0 Å². The Morgan fingerprint density at radius 1 is 1.13 bits per heavy atom. The summed E-state index contributed by atoms with van der Waals surface area (Å²) >= 11 is 3.36. The van der Waals surface area contributed by atoms with E-state index < -0.39 is 6.04 Å². The van der Waals surface area contributed by atoms with E-state index in [0.717, 1.165) is 10.0 Å². The lowest BCUT2D eigenvalue weighted by molar-refractivity contribution is 0.0918. The second-order valence-electron chi connectivity index (χ2n) is 4.99. The third-order valence-corrected chi connectivity index (χ3v) is 3.91. The Hall–Kier alpha value is -2.41. The van der Waals surface area contributed by atoms with E-state index in [2.05, 4.69) is 31.3 Å². The highest BCUT2D eigenvalue weighted by atomic mass is 79.9. The highest BCUT2D eigenvalue weighted by Crippen LogP contribution is 2.19. The van der Waals surface area contributed by atoms with Gasteiger partial charge in [-0.15, -0.1) is 10.2 Å². The van der Waals surface area contributed by atoms with Gasteiger partial charge in [0.15, 0.2) is 5.78 Å². The predicted molar refractivity (Wildman–Crippen MR) is 86.4 cm³/mol. The number of tetrazole rings is 1. The predicted octanol–water partition coefficient (Wildman–Crippen LogP) is 3.69. The number of benzene rings is 2. The molecule has 1 unspecified atom stereocenters. The minimum Gasteiger partial charge on any atom is -0.292 e. The van der Waals surface area contributed by atoms with Crippen LogP contribution in [0.25, 0.3) is 11.4 Å². The van der Waals surface area contributed by atoms with Crippen molar-refractivity contribution in [1.82, 2.24) is 20.2 Å². The quantitative estimate of drug-likeness (QED) is 0.653. The molecule has 0 aliphatic heterocycles. The van der Waals surface area contributed by atoms with E-state index in [4.69, 9.17) is 0 Å². The molecule has 23 heavy (non-hydrogen) atoms. The van der Waals surface area contributed by atoms with Crippen molar-refractivity contribution in [2.45, 2.75) is 13.0 Å². The lowest BCUT2D eigenvalue weighted by Crippen LogP contribution is -2.19. The summed E-state index contributed by atoms with van der Waals surface area (Å²) in [6.07, 6.45) is 0. The largest absolute Gasteiger partial charge is 0.292 e. The van der Waals surface area contributed by atoms with Crippen LogP contribution in [0.15, 0.2) is 53.0 Å². The van der Waals surface area contributed by atoms with E-state index in [-0.39, 0.29) is 11.6 Å². The van der Waals surface area contributed by atoms with Crippen molar-refractivity contribution in [3.8, 4) is 11.4 Å². The molecule has 0 radical (unpaired) electrons. The number of rotatable bonds is 4. The molecule has 0 fully saturated rings. The van der Waals surface area contributed by atoms with Gasteiger partial charge in [-0.3, -0.25) is 4.79 Å². The van der Waals surface area contributed by atoms with Gasteiger partial charge in [0.25, 0.3) is 0 Å². The van der Waals surface area contributed by atoms with E-state index in [9.17, 15) is 9.18 Å². The highest BCUT2D eigenvalue weighted by molar-refractivity contribution is 9.10. The minimum absolute atomic E-state index is 0.204. The normalized spacial score (nSPS) is 12.1. The number of carbonyl (C=O) groups is 1. The molecule has 0 bridgehead atoms. The van der Waals surface area contributed by atoms with Crippen LogP contribution in [0.2, 0.25) is 0 Å². The second-order valence-corrected chi connectivity index (χ2v) is 5.90. The third-order valence-electron chi connectivity index (χ3n) is 3.39. The van der Waals surface area contributed by atoms with Crippen LogP contribution in [0.4, 0.5) is 4.39 Å². The molecule has 0 spiro atoms. The second kappa shape index (κ2) is 6.37. The first kappa shape index (κ1) is 15.5. The van der Waals surface area contributed by atoms with Crippen LogP contribution in [0.1, 0.15) is 23.3 Å². The Morgan fingerprint density at radius 2 is 1.78 bits per heavy atom. The van der Waals surface area contributed by atoms with Gasteiger partial charge in [-0.05, 0) is 60.7 Å². The molecule has 0 N–H and O–H groups in total. The van der Waals surface area contributed by atoms with Crippen LogP contribution < -0.4 is 0 Å². The summed E-state index contributed by atoms with van der Waals surface area (Å²) in [4.78, 5) is 13.7. The summed E-state index contributed by atoms with van der Waals surface area (Å²) in [5, 5.41) is 12.2. The molecule has 3 rings (SSSR count). The van der Waals surface area contributed by atoms with Gasteiger partial charge < -0.3 is 0 Å². The molecule has 116 valence electrons. The number of Topliss-reactive ketones (excluding diaryl/α,β-unsaturated/α-hetero) is 1. The van der Waals surface area contributed by atoms with Crippen molar-refractivity contribution in [3.63, 3.8) is 0 Å². The maximum atomic E-state index is 12.9. The fraction of sp³-hybridized carbons (Fsp3) is 0.125. The Balaban J connectivity index is 1.83. The summed E-state index contributed by atoms with van der Waals surface area (Å²) in [5.41, 5.74) is 1.21. The number of halogens is 2. The summed E-state index contributed by atoms with van der Waals surface area (Å²) < 4.78 is 13.9. The standard InChI is InChI=1S/C16H12BrFN4O/c1-10(15(23)11-4-8-14(18)9-5-11)22-20-16(19-21-22)12-2-6-13(17)7-3-12/h2-10H,1H3. The van der Waals surface area contributed by atoms with Crippen LogP contribution in [0, 0.1) is 5.82 Å². The Labute approximate surface area is 140 Å². The summed E-state index contributed by atoms with van der Waals surface area (Å²) in [5.74, 6) is -0.147. The Morgan fingerprint density at radius 3 is 2.43 bits per heavy atom. The zero-order chi connectivity index (χ0) is 16.4. The molecule has 5 nitrogen and oxygen atoms in total. The summed E-state index contributed by atoms with van der Waals surface area (Å²) in [6.45, 7) is 1.68. The van der Waals surface area contributed by atoms with Gasteiger partial charge in [0.1, 0.15) is 11.9 Å². The summed E-state index contributed by atoms with van der Waals surface area (Å²) in [6, 6.07) is 12.2. The number of aromatic nitrogens is 4. The Bertz CT molecular complexity index is 830. The van der Waals surface area contributed by atoms with Crippen LogP contribution in [-0.4, -0.2) is 26.0 Å². The maximum Gasteiger partial charge on any atom is 0.204 e. The zero-order valence-electron chi connectivity index (χ0n) is 12.1. The average Bonchev–Trinajstić information content (AvgIpc) is 3.05. The molecule has 0 saturated heterocycles. The van der Waals surface area contributed by atoms with Gasteiger partial charge in [-0.2, -0.15) is 4.80 Å². The first-order chi connectivity index (χ1) is 11.0. The molecule has 0 aliphatic carbocycles. The first-order valence-electron chi connectivity index (χ1n) is 6.90. The van der Waals surface area contributed by atoms with Crippen molar-refractivity contribution in [3.05, 3.63) is 64.4 Å².